The van der Waals surface area contributed by atoms with Crippen LogP contribution >= 0.6 is 0 Å². The van der Waals surface area contributed by atoms with Gasteiger partial charge < -0.3 is 20.3 Å². The Hall–Kier alpha value is -2.29. The Balaban J connectivity index is 1.45. The third-order valence-electron chi connectivity index (χ3n) is 5.53. The van der Waals surface area contributed by atoms with Crippen LogP contribution in [0.15, 0.2) is 24.3 Å². The third kappa shape index (κ3) is 5.01. The van der Waals surface area contributed by atoms with Crippen molar-refractivity contribution in [2.75, 3.05) is 19.7 Å². The summed E-state index contributed by atoms with van der Waals surface area (Å²) in [5.74, 6) is -0.739. The average molecular weight is 413 g/mol. The van der Waals surface area contributed by atoms with Crippen LogP contribution in [-0.2, 0) is 10.9 Å². The molecule has 0 radical (unpaired) electrons. The molecule has 0 aromatic heterocycles. The van der Waals surface area contributed by atoms with E-state index in [1.54, 1.807) is 6.92 Å². The lowest BCUT2D eigenvalue weighted by atomic mass is 9.98. The average Bonchev–Trinajstić information content (AvgIpc) is 2.95. The summed E-state index contributed by atoms with van der Waals surface area (Å²) in [4.78, 5) is 26.1. The largest absolute Gasteiger partial charge is 0.450 e. The van der Waals surface area contributed by atoms with Gasteiger partial charge in [-0.2, -0.15) is 13.2 Å². The lowest BCUT2D eigenvalue weighted by Crippen LogP contribution is -2.52. The van der Waals surface area contributed by atoms with E-state index in [0.29, 0.717) is 13.2 Å². The van der Waals surface area contributed by atoms with Gasteiger partial charge in [0.1, 0.15) is 0 Å². The molecule has 6 nitrogen and oxygen atoms in total. The van der Waals surface area contributed by atoms with Crippen LogP contribution in [0.2, 0.25) is 0 Å². The summed E-state index contributed by atoms with van der Waals surface area (Å²) in [7, 11) is 0. The van der Waals surface area contributed by atoms with Crippen molar-refractivity contribution in [3.8, 4) is 0 Å². The molecule has 3 rings (SSSR count). The molecule has 1 aromatic carbocycles. The number of carbonyl (C=O) groups is 2. The summed E-state index contributed by atoms with van der Waals surface area (Å²) in [6, 6.07) is 5.26. The first-order valence-corrected chi connectivity index (χ1v) is 9.94. The van der Waals surface area contributed by atoms with Crippen molar-refractivity contribution in [2.24, 2.45) is 0 Å². The lowest BCUT2D eigenvalue weighted by Gasteiger charge is -2.38. The molecule has 2 bridgehead atoms. The van der Waals surface area contributed by atoms with Crippen LogP contribution in [0.3, 0.4) is 0 Å². The number of benzene rings is 1. The van der Waals surface area contributed by atoms with E-state index in [1.807, 2.05) is 4.90 Å². The van der Waals surface area contributed by atoms with Crippen LogP contribution in [-0.4, -0.2) is 54.7 Å². The van der Waals surface area contributed by atoms with Gasteiger partial charge in [-0.1, -0.05) is 12.1 Å². The minimum Gasteiger partial charge on any atom is -0.450 e. The second kappa shape index (κ2) is 9.02. The molecule has 2 aliphatic heterocycles. The second-order valence-corrected chi connectivity index (χ2v) is 7.41. The Labute approximate surface area is 167 Å². The van der Waals surface area contributed by atoms with Crippen molar-refractivity contribution >= 4 is 12.0 Å². The van der Waals surface area contributed by atoms with E-state index < -0.39 is 17.6 Å². The highest BCUT2D eigenvalue weighted by molar-refractivity contribution is 5.95. The number of ether oxygens (including phenoxy) is 1. The molecular weight excluding hydrogens is 387 g/mol. The molecule has 0 saturated carbocycles. The SMILES string of the molecule is CCOC(=O)N1[C@@H]2CC[C@H]1CC(NCCNC(=O)c1ccccc1C(F)(F)F)C2. The third-order valence-corrected chi connectivity index (χ3v) is 5.53. The summed E-state index contributed by atoms with van der Waals surface area (Å²) in [5, 5.41) is 5.90. The smallest absolute Gasteiger partial charge is 0.417 e. The van der Waals surface area contributed by atoms with Crippen LogP contribution in [0.1, 0.15) is 48.5 Å². The minimum absolute atomic E-state index is 0.151. The molecule has 2 aliphatic rings. The Morgan fingerprint density at radius 3 is 2.41 bits per heavy atom. The van der Waals surface area contributed by atoms with E-state index in [1.165, 1.54) is 18.2 Å². The number of rotatable bonds is 6. The Morgan fingerprint density at radius 1 is 1.14 bits per heavy atom. The Kier molecular flexibility index (Phi) is 6.66. The second-order valence-electron chi connectivity index (χ2n) is 7.41. The number of alkyl halides is 3. The number of nitrogens with zero attached hydrogens (tertiary/aromatic N) is 1. The van der Waals surface area contributed by atoms with Gasteiger partial charge in [0, 0.05) is 31.2 Å². The van der Waals surface area contributed by atoms with Crippen molar-refractivity contribution in [2.45, 2.75) is 56.9 Å². The van der Waals surface area contributed by atoms with Crippen LogP contribution in [0.4, 0.5) is 18.0 Å². The first-order valence-electron chi connectivity index (χ1n) is 9.94. The summed E-state index contributed by atoms with van der Waals surface area (Å²) < 4.78 is 44.2. The molecule has 9 heteroatoms. The number of halogens is 3. The van der Waals surface area contributed by atoms with Crippen molar-refractivity contribution in [3.63, 3.8) is 0 Å². The van der Waals surface area contributed by atoms with Gasteiger partial charge in [0.2, 0.25) is 0 Å². The molecule has 0 aliphatic carbocycles. The van der Waals surface area contributed by atoms with Gasteiger partial charge in [0.05, 0.1) is 17.7 Å². The van der Waals surface area contributed by atoms with E-state index in [2.05, 4.69) is 10.6 Å². The van der Waals surface area contributed by atoms with Crippen LogP contribution in [0.25, 0.3) is 0 Å². The highest BCUT2D eigenvalue weighted by atomic mass is 19.4. The highest BCUT2D eigenvalue weighted by Crippen LogP contribution is 2.36. The summed E-state index contributed by atoms with van der Waals surface area (Å²) in [6.45, 7) is 2.81. The first-order chi connectivity index (χ1) is 13.8. The molecule has 2 saturated heterocycles. The summed E-state index contributed by atoms with van der Waals surface area (Å²) in [6.07, 6.45) is -1.31. The normalized spacial score (nSPS) is 23.7. The fraction of sp³-hybridized carbons (Fsp3) is 0.600. The number of hydrogen-bond donors (Lipinski definition) is 2. The number of fused-ring (bicyclic) bond motifs is 2. The number of hydrogen-bond acceptors (Lipinski definition) is 4. The van der Waals surface area contributed by atoms with Crippen molar-refractivity contribution in [3.05, 3.63) is 35.4 Å². The molecule has 2 amide bonds. The van der Waals surface area contributed by atoms with E-state index in [4.69, 9.17) is 4.74 Å². The maximum Gasteiger partial charge on any atom is 0.417 e. The maximum atomic E-state index is 13.0. The first kappa shape index (κ1) is 21.4. The van der Waals surface area contributed by atoms with Gasteiger partial charge in [-0.05, 0) is 44.7 Å². The van der Waals surface area contributed by atoms with E-state index in [9.17, 15) is 22.8 Å². The monoisotopic (exact) mass is 413 g/mol. The van der Waals surface area contributed by atoms with E-state index in [0.717, 1.165) is 31.7 Å². The van der Waals surface area contributed by atoms with Gasteiger partial charge in [-0.25, -0.2) is 4.79 Å². The van der Waals surface area contributed by atoms with Gasteiger partial charge in [-0.3, -0.25) is 4.79 Å². The van der Waals surface area contributed by atoms with Crippen LogP contribution in [0, 0.1) is 0 Å². The lowest BCUT2D eigenvalue weighted by molar-refractivity contribution is -0.137. The van der Waals surface area contributed by atoms with Gasteiger partial charge >= 0.3 is 12.3 Å². The summed E-state index contributed by atoms with van der Waals surface area (Å²) >= 11 is 0. The molecule has 3 atom stereocenters. The number of amides is 2. The van der Waals surface area contributed by atoms with Gasteiger partial charge in [0.25, 0.3) is 5.91 Å². The topological polar surface area (TPSA) is 70.7 Å². The van der Waals surface area contributed by atoms with Crippen molar-refractivity contribution in [1.29, 1.82) is 0 Å². The number of carbonyl (C=O) groups excluding carboxylic acids is 2. The highest BCUT2D eigenvalue weighted by Gasteiger charge is 2.43. The number of nitrogens with one attached hydrogen (secondary N) is 2. The molecule has 2 fully saturated rings. The minimum atomic E-state index is -4.57. The zero-order valence-electron chi connectivity index (χ0n) is 16.3. The number of piperidine rings is 1. The molecule has 0 spiro atoms. The molecule has 2 N–H and O–H groups in total. The van der Waals surface area contributed by atoms with Gasteiger partial charge in [-0.15, -0.1) is 0 Å². The standard InChI is InChI=1S/C20H26F3N3O3/c1-2-29-19(28)26-14-7-8-15(26)12-13(11-14)24-9-10-25-18(27)16-5-3-4-6-17(16)20(21,22)23/h3-6,13-15,24H,2,7-12H2,1H3,(H,25,27)/t13?,14-,15+. The predicted molar refractivity (Wildman–Crippen MR) is 100 cm³/mol. The zero-order valence-corrected chi connectivity index (χ0v) is 16.3. The Morgan fingerprint density at radius 2 is 1.79 bits per heavy atom. The molecule has 1 unspecified atom stereocenters. The van der Waals surface area contributed by atoms with Crippen molar-refractivity contribution in [1.82, 2.24) is 15.5 Å². The van der Waals surface area contributed by atoms with Crippen LogP contribution < -0.4 is 10.6 Å². The molecule has 160 valence electrons. The molecule has 1 aromatic rings. The Bertz CT molecular complexity index is 727. The van der Waals surface area contributed by atoms with Crippen molar-refractivity contribution < 1.29 is 27.5 Å². The zero-order chi connectivity index (χ0) is 21.0. The summed E-state index contributed by atoms with van der Waals surface area (Å²) in [5.41, 5.74) is -1.31. The maximum absolute atomic E-state index is 13.0. The molecule has 29 heavy (non-hydrogen) atoms. The van der Waals surface area contributed by atoms with Gasteiger partial charge in [0.15, 0.2) is 0 Å². The van der Waals surface area contributed by atoms with E-state index in [-0.39, 0.29) is 36.3 Å². The van der Waals surface area contributed by atoms with E-state index >= 15 is 0 Å². The predicted octanol–water partition coefficient (Wildman–Crippen LogP) is 3.18. The fourth-order valence-electron chi connectivity index (χ4n) is 4.32. The quantitative estimate of drug-likeness (QED) is 0.703. The van der Waals surface area contributed by atoms with Crippen LogP contribution in [0.5, 0.6) is 0 Å². The molecule has 2 heterocycles. The molecular formula is C20H26F3N3O3. The fourth-order valence-corrected chi connectivity index (χ4v) is 4.32.